The highest BCUT2D eigenvalue weighted by Crippen LogP contribution is 2.36. The van der Waals surface area contributed by atoms with Gasteiger partial charge in [-0.05, 0) is 23.6 Å². The molecule has 0 bridgehead atoms. The van der Waals surface area contributed by atoms with Gasteiger partial charge in [0.15, 0.2) is 11.9 Å². The fraction of sp³-hybridized carbons (Fsp3) is 0.375. The van der Waals surface area contributed by atoms with Crippen molar-refractivity contribution in [3.63, 3.8) is 0 Å². The molecule has 0 aromatic heterocycles. The van der Waals surface area contributed by atoms with Gasteiger partial charge in [0.25, 0.3) is 0 Å². The maximum Gasteiger partial charge on any atom is 0.508 e. The second-order valence-electron chi connectivity index (χ2n) is 9.92. The molecule has 1 heterocycles. The SMILES string of the molecule is COC(=O)O[C@H]1[C@H](OCc2ccccc2)[C@@H](COCc2ccccc2)O[C@](C)(OCc2ccccc2)[C@@H]1NC(C)=O. The van der Waals surface area contributed by atoms with E-state index in [0.29, 0.717) is 6.61 Å². The summed E-state index contributed by atoms with van der Waals surface area (Å²) in [6.45, 7) is 3.92. The molecule has 41 heavy (non-hydrogen) atoms. The van der Waals surface area contributed by atoms with Crippen LogP contribution in [0, 0.1) is 0 Å². The molecule has 1 aliphatic rings. The van der Waals surface area contributed by atoms with Gasteiger partial charge < -0.3 is 33.7 Å². The molecule has 0 saturated carbocycles. The second-order valence-corrected chi connectivity index (χ2v) is 9.92. The molecule has 0 unspecified atom stereocenters. The molecule has 1 aliphatic heterocycles. The Hall–Kier alpha value is -3.76. The first kappa shape index (κ1) is 30.2. The first-order valence-electron chi connectivity index (χ1n) is 13.5. The minimum atomic E-state index is -1.42. The van der Waals surface area contributed by atoms with Crippen LogP contribution in [0.2, 0.25) is 0 Å². The summed E-state index contributed by atoms with van der Waals surface area (Å²) in [5, 5.41) is 2.88. The number of nitrogens with one attached hydrogen (secondary N) is 1. The van der Waals surface area contributed by atoms with Crippen molar-refractivity contribution in [1.29, 1.82) is 0 Å². The molecule has 4 rings (SSSR count). The summed E-state index contributed by atoms with van der Waals surface area (Å²) in [6, 6.07) is 28.0. The third kappa shape index (κ3) is 8.61. The summed E-state index contributed by atoms with van der Waals surface area (Å²) in [5.74, 6) is -1.78. The number of rotatable bonds is 12. The quantitative estimate of drug-likeness (QED) is 0.315. The van der Waals surface area contributed by atoms with Crippen molar-refractivity contribution in [2.75, 3.05) is 13.7 Å². The first-order chi connectivity index (χ1) is 19.9. The number of carbonyl (C=O) groups is 2. The molecular weight excluding hydrogens is 526 g/mol. The minimum Gasteiger partial charge on any atom is -0.438 e. The monoisotopic (exact) mass is 563 g/mol. The number of hydrogen-bond donors (Lipinski definition) is 1. The van der Waals surface area contributed by atoms with Crippen LogP contribution in [0.15, 0.2) is 91.0 Å². The molecule has 218 valence electrons. The fourth-order valence-corrected chi connectivity index (χ4v) is 4.76. The minimum absolute atomic E-state index is 0.104. The number of benzene rings is 3. The van der Waals surface area contributed by atoms with E-state index < -0.39 is 36.3 Å². The number of ether oxygens (including phenoxy) is 6. The second kappa shape index (κ2) is 14.7. The number of carbonyl (C=O) groups excluding carboxylic acids is 2. The van der Waals surface area contributed by atoms with Crippen LogP contribution in [0.5, 0.6) is 0 Å². The molecular formula is C32H37NO8. The Morgan fingerprint density at radius 2 is 1.34 bits per heavy atom. The van der Waals surface area contributed by atoms with Gasteiger partial charge in [0.05, 0.1) is 33.5 Å². The molecule has 5 atom stereocenters. The Bertz CT molecular complexity index is 1230. The highest BCUT2D eigenvalue weighted by molar-refractivity contribution is 5.73. The van der Waals surface area contributed by atoms with Crippen LogP contribution in [-0.2, 0) is 53.0 Å². The molecule has 1 fully saturated rings. The maximum absolute atomic E-state index is 12.5. The molecule has 1 saturated heterocycles. The van der Waals surface area contributed by atoms with Crippen LogP contribution in [0.4, 0.5) is 4.79 Å². The third-order valence-corrected chi connectivity index (χ3v) is 6.77. The lowest BCUT2D eigenvalue weighted by Gasteiger charge is -2.50. The third-order valence-electron chi connectivity index (χ3n) is 6.77. The largest absolute Gasteiger partial charge is 0.508 e. The molecule has 3 aromatic carbocycles. The van der Waals surface area contributed by atoms with Crippen LogP contribution in [-0.4, -0.2) is 55.9 Å². The predicted molar refractivity (Wildman–Crippen MR) is 151 cm³/mol. The zero-order valence-electron chi connectivity index (χ0n) is 23.6. The standard InChI is InChI=1S/C32H37NO8/c1-23(34)33-30-29(40-31(35)36-3)28(38-20-25-15-9-5-10-16-25)27(22-37-19-24-13-7-4-8-14-24)41-32(30,2)39-21-26-17-11-6-12-18-26/h4-18,27-30H,19-22H2,1-3H3,(H,33,34)/t27-,28-,29+,30-,32+/m1/s1. The van der Waals surface area contributed by atoms with Crippen molar-refractivity contribution in [1.82, 2.24) is 5.32 Å². The van der Waals surface area contributed by atoms with Gasteiger partial charge in [-0.25, -0.2) is 4.79 Å². The van der Waals surface area contributed by atoms with E-state index in [2.05, 4.69) is 5.32 Å². The van der Waals surface area contributed by atoms with Gasteiger partial charge in [-0.3, -0.25) is 4.79 Å². The highest BCUT2D eigenvalue weighted by atomic mass is 16.7. The molecule has 1 amide bonds. The topological polar surface area (TPSA) is 102 Å². The first-order valence-corrected chi connectivity index (χ1v) is 13.5. The van der Waals surface area contributed by atoms with Gasteiger partial charge in [-0.15, -0.1) is 0 Å². The van der Waals surface area contributed by atoms with E-state index in [9.17, 15) is 9.59 Å². The molecule has 0 aliphatic carbocycles. The summed E-state index contributed by atoms with van der Waals surface area (Å²) in [4.78, 5) is 24.9. The Labute approximate surface area is 240 Å². The zero-order valence-corrected chi connectivity index (χ0v) is 23.6. The maximum atomic E-state index is 12.5. The van der Waals surface area contributed by atoms with Gasteiger partial charge in [0.1, 0.15) is 18.2 Å². The summed E-state index contributed by atoms with van der Waals surface area (Å²) in [7, 11) is 1.22. The Balaban J connectivity index is 1.65. The van der Waals surface area contributed by atoms with Crippen molar-refractivity contribution in [2.45, 2.75) is 63.8 Å². The molecule has 0 spiro atoms. The number of amides is 1. The van der Waals surface area contributed by atoms with E-state index in [1.165, 1.54) is 14.0 Å². The van der Waals surface area contributed by atoms with Crippen LogP contribution >= 0.6 is 0 Å². The van der Waals surface area contributed by atoms with Gasteiger partial charge in [0, 0.05) is 6.92 Å². The molecule has 9 nitrogen and oxygen atoms in total. The van der Waals surface area contributed by atoms with Crippen molar-refractivity contribution in [3.8, 4) is 0 Å². The number of hydrogen-bond acceptors (Lipinski definition) is 8. The van der Waals surface area contributed by atoms with Gasteiger partial charge >= 0.3 is 6.16 Å². The molecule has 3 aromatic rings. The lowest BCUT2D eigenvalue weighted by molar-refractivity contribution is -0.338. The van der Waals surface area contributed by atoms with E-state index in [0.717, 1.165) is 16.7 Å². The summed E-state index contributed by atoms with van der Waals surface area (Å²) in [6.07, 6.45) is -3.52. The van der Waals surface area contributed by atoms with Gasteiger partial charge in [-0.2, -0.15) is 0 Å². The molecule has 1 N–H and O–H groups in total. The van der Waals surface area contributed by atoms with E-state index in [1.54, 1.807) is 6.92 Å². The predicted octanol–water partition coefficient (Wildman–Crippen LogP) is 4.78. The zero-order chi connectivity index (χ0) is 29.1. The molecule has 0 radical (unpaired) electrons. The van der Waals surface area contributed by atoms with Gasteiger partial charge in [0.2, 0.25) is 5.91 Å². The fourth-order valence-electron chi connectivity index (χ4n) is 4.76. The highest BCUT2D eigenvalue weighted by Gasteiger charge is 2.56. The normalized spacial score (nSPS) is 23.9. The summed E-state index contributed by atoms with van der Waals surface area (Å²) >= 11 is 0. The average molecular weight is 564 g/mol. The Kier molecular flexibility index (Phi) is 10.9. The number of methoxy groups -OCH3 is 1. The van der Waals surface area contributed by atoms with Crippen LogP contribution < -0.4 is 5.32 Å². The Morgan fingerprint density at radius 3 is 1.88 bits per heavy atom. The smallest absolute Gasteiger partial charge is 0.438 e. The van der Waals surface area contributed by atoms with Gasteiger partial charge in [-0.1, -0.05) is 91.0 Å². The van der Waals surface area contributed by atoms with Crippen molar-refractivity contribution in [3.05, 3.63) is 108 Å². The molecule has 9 heteroatoms. The van der Waals surface area contributed by atoms with Crippen molar-refractivity contribution < 1.29 is 38.0 Å². The van der Waals surface area contributed by atoms with E-state index in [4.69, 9.17) is 28.4 Å². The lowest BCUT2D eigenvalue weighted by Crippen LogP contribution is -2.71. The van der Waals surface area contributed by atoms with Crippen LogP contribution in [0.1, 0.15) is 30.5 Å². The average Bonchev–Trinajstić information content (AvgIpc) is 2.99. The van der Waals surface area contributed by atoms with Crippen LogP contribution in [0.3, 0.4) is 0 Å². The van der Waals surface area contributed by atoms with Crippen molar-refractivity contribution >= 4 is 12.1 Å². The van der Waals surface area contributed by atoms with E-state index >= 15 is 0 Å². The van der Waals surface area contributed by atoms with Crippen LogP contribution in [0.25, 0.3) is 0 Å². The lowest BCUT2D eigenvalue weighted by atomic mass is 9.90. The van der Waals surface area contributed by atoms with E-state index in [1.807, 2.05) is 91.0 Å². The van der Waals surface area contributed by atoms with Crippen molar-refractivity contribution in [2.24, 2.45) is 0 Å². The Morgan fingerprint density at radius 1 is 0.805 bits per heavy atom. The summed E-state index contributed by atoms with van der Waals surface area (Å²) < 4.78 is 36.0. The van der Waals surface area contributed by atoms with E-state index in [-0.39, 0.29) is 25.7 Å². The summed E-state index contributed by atoms with van der Waals surface area (Å²) in [5.41, 5.74) is 2.81.